The highest BCUT2D eigenvalue weighted by Gasteiger charge is 2.11. The summed E-state index contributed by atoms with van der Waals surface area (Å²) in [5, 5.41) is 0. The third-order valence-electron chi connectivity index (χ3n) is 3.09. The molecule has 3 rings (SSSR count). The van der Waals surface area contributed by atoms with E-state index in [9.17, 15) is 4.39 Å². The molecule has 0 saturated heterocycles. The number of nitrogens with zero attached hydrogens (tertiary/aromatic N) is 1. The van der Waals surface area contributed by atoms with Gasteiger partial charge in [-0.2, -0.15) is 0 Å². The lowest BCUT2D eigenvalue weighted by Gasteiger charge is -2.06. The molecule has 0 atom stereocenters. The molecule has 0 saturated carbocycles. The fourth-order valence-corrected chi connectivity index (χ4v) is 2.11. The van der Waals surface area contributed by atoms with Gasteiger partial charge >= 0.3 is 0 Å². The van der Waals surface area contributed by atoms with E-state index >= 15 is 0 Å². The molecule has 0 bridgehead atoms. The zero-order valence-corrected chi connectivity index (χ0v) is 11.1. The largest absolute Gasteiger partial charge is 0.493 e. The van der Waals surface area contributed by atoms with Gasteiger partial charge in [0.1, 0.15) is 11.6 Å². The molecule has 3 aromatic rings. The van der Waals surface area contributed by atoms with Gasteiger partial charge in [-0.15, -0.1) is 0 Å². The Kier molecular flexibility index (Phi) is 3.02. The van der Waals surface area contributed by atoms with E-state index in [4.69, 9.17) is 9.47 Å². The van der Waals surface area contributed by atoms with E-state index in [1.807, 2.05) is 6.07 Å². The molecule has 0 spiro atoms. The SMILES string of the molecule is COc1cc2nc(-c3cccc(F)c3)[nH]c2cc1OC. The quantitative estimate of drug-likeness (QED) is 0.795. The number of imidazole rings is 1. The molecule has 0 aliphatic heterocycles. The van der Waals surface area contributed by atoms with Crippen LogP contribution in [0, 0.1) is 5.82 Å². The Hall–Kier alpha value is -2.56. The van der Waals surface area contributed by atoms with E-state index in [-0.39, 0.29) is 5.82 Å². The van der Waals surface area contributed by atoms with E-state index in [1.54, 1.807) is 32.4 Å². The first-order valence-electron chi connectivity index (χ1n) is 6.09. The first-order valence-corrected chi connectivity index (χ1v) is 6.09. The van der Waals surface area contributed by atoms with Gasteiger partial charge < -0.3 is 14.5 Å². The van der Waals surface area contributed by atoms with E-state index in [1.165, 1.54) is 12.1 Å². The predicted molar refractivity (Wildman–Crippen MR) is 74.6 cm³/mol. The van der Waals surface area contributed by atoms with Gasteiger partial charge in [-0.3, -0.25) is 0 Å². The Morgan fingerprint density at radius 2 is 1.80 bits per heavy atom. The maximum Gasteiger partial charge on any atom is 0.163 e. The number of aromatic nitrogens is 2. The normalized spacial score (nSPS) is 10.8. The summed E-state index contributed by atoms with van der Waals surface area (Å²) >= 11 is 0. The second-order valence-electron chi connectivity index (χ2n) is 4.32. The van der Waals surface area contributed by atoms with Crippen LogP contribution < -0.4 is 9.47 Å². The van der Waals surface area contributed by atoms with Gasteiger partial charge in [0.05, 0.1) is 25.3 Å². The van der Waals surface area contributed by atoms with Gasteiger partial charge in [-0.1, -0.05) is 12.1 Å². The van der Waals surface area contributed by atoms with Crippen molar-refractivity contribution in [1.29, 1.82) is 0 Å². The molecule has 0 aliphatic rings. The number of ether oxygens (including phenoxy) is 2. The van der Waals surface area contributed by atoms with Crippen LogP contribution in [0.2, 0.25) is 0 Å². The van der Waals surface area contributed by atoms with E-state index in [2.05, 4.69) is 9.97 Å². The second-order valence-corrected chi connectivity index (χ2v) is 4.32. The van der Waals surface area contributed by atoms with Crippen molar-refractivity contribution in [2.45, 2.75) is 0 Å². The third kappa shape index (κ3) is 2.07. The van der Waals surface area contributed by atoms with Crippen molar-refractivity contribution in [3.8, 4) is 22.9 Å². The molecular formula is C15H13FN2O2. The lowest BCUT2D eigenvalue weighted by molar-refractivity contribution is 0.356. The number of hydrogen-bond acceptors (Lipinski definition) is 3. The van der Waals surface area contributed by atoms with E-state index in [0.29, 0.717) is 22.9 Å². The minimum absolute atomic E-state index is 0.293. The number of rotatable bonds is 3. The fraction of sp³-hybridized carbons (Fsp3) is 0.133. The lowest BCUT2D eigenvalue weighted by atomic mass is 10.2. The standard InChI is InChI=1S/C15H13FN2O2/c1-19-13-7-11-12(8-14(13)20-2)18-15(17-11)9-4-3-5-10(16)6-9/h3-8H,1-2H3,(H,17,18). The molecule has 102 valence electrons. The molecule has 1 N–H and O–H groups in total. The summed E-state index contributed by atoms with van der Waals surface area (Å²) in [4.78, 5) is 7.60. The molecule has 4 nitrogen and oxygen atoms in total. The Labute approximate surface area is 115 Å². The first-order chi connectivity index (χ1) is 9.71. The van der Waals surface area contributed by atoms with Crippen LogP contribution in [0.25, 0.3) is 22.4 Å². The van der Waals surface area contributed by atoms with Gasteiger partial charge in [0, 0.05) is 17.7 Å². The third-order valence-corrected chi connectivity index (χ3v) is 3.09. The number of hydrogen-bond donors (Lipinski definition) is 1. The van der Waals surface area contributed by atoms with Crippen molar-refractivity contribution in [2.75, 3.05) is 14.2 Å². The molecule has 1 heterocycles. The Balaban J connectivity index is 2.15. The van der Waals surface area contributed by atoms with Crippen molar-refractivity contribution < 1.29 is 13.9 Å². The summed E-state index contributed by atoms with van der Waals surface area (Å²) in [6.07, 6.45) is 0. The first kappa shape index (κ1) is 12.5. The van der Waals surface area contributed by atoms with E-state index in [0.717, 1.165) is 11.0 Å². The Morgan fingerprint density at radius 3 is 2.50 bits per heavy atom. The van der Waals surface area contributed by atoms with Gasteiger partial charge in [-0.25, -0.2) is 9.37 Å². The lowest BCUT2D eigenvalue weighted by Crippen LogP contribution is -1.89. The number of aromatic amines is 1. The second kappa shape index (κ2) is 4.85. The van der Waals surface area contributed by atoms with Crippen LogP contribution in [-0.2, 0) is 0 Å². The van der Waals surface area contributed by atoms with Crippen LogP contribution in [0.3, 0.4) is 0 Å². The molecule has 0 fully saturated rings. The maximum absolute atomic E-state index is 13.3. The minimum Gasteiger partial charge on any atom is -0.493 e. The Bertz CT molecular complexity index is 727. The predicted octanol–water partition coefficient (Wildman–Crippen LogP) is 3.39. The minimum atomic E-state index is -0.293. The number of methoxy groups -OCH3 is 2. The number of fused-ring (bicyclic) bond motifs is 1. The smallest absolute Gasteiger partial charge is 0.163 e. The fourth-order valence-electron chi connectivity index (χ4n) is 2.11. The highest BCUT2D eigenvalue weighted by atomic mass is 19.1. The zero-order chi connectivity index (χ0) is 14.1. The molecule has 20 heavy (non-hydrogen) atoms. The van der Waals surface area contributed by atoms with Crippen molar-refractivity contribution >= 4 is 11.0 Å². The van der Waals surface area contributed by atoms with Crippen molar-refractivity contribution in [3.63, 3.8) is 0 Å². The van der Waals surface area contributed by atoms with Crippen LogP contribution in [0.5, 0.6) is 11.5 Å². The average molecular weight is 272 g/mol. The van der Waals surface area contributed by atoms with Crippen LogP contribution in [0.1, 0.15) is 0 Å². The summed E-state index contributed by atoms with van der Waals surface area (Å²) in [5.41, 5.74) is 2.24. The van der Waals surface area contributed by atoms with Gasteiger partial charge in [-0.05, 0) is 12.1 Å². The molecule has 0 radical (unpaired) electrons. The van der Waals surface area contributed by atoms with Gasteiger partial charge in [0.2, 0.25) is 0 Å². The van der Waals surface area contributed by atoms with Crippen LogP contribution >= 0.6 is 0 Å². The summed E-state index contributed by atoms with van der Waals surface area (Å²) < 4.78 is 23.7. The number of halogens is 1. The zero-order valence-electron chi connectivity index (χ0n) is 11.1. The summed E-state index contributed by atoms with van der Waals surface area (Å²) in [6, 6.07) is 9.89. The van der Waals surface area contributed by atoms with Crippen LogP contribution in [-0.4, -0.2) is 24.2 Å². The van der Waals surface area contributed by atoms with E-state index < -0.39 is 0 Å². The molecular weight excluding hydrogens is 259 g/mol. The maximum atomic E-state index is 13.3. The number of benzene rings is 2. The Morgan fingerprint density at radius 1 is 1.05 bits per heavy atom. The molecule has 1 aromatic heterocycles. The summed E-state index contributed by atoms with van der Waals surface area (Å²) in [7, 11) is 3.15. The number of H-pyrrole nitrogens is 1. The average Bonchev–Trinajstić information content (AvgIpc) is 2.88. The van der Waals surface area contributed by atoms with Gasteiger partial charge in [0.25, 0.3) is 0 Å². The summed E-state index contributed by atoms with van der Waals surface area (Å²) in [5.74, 6) is 1.54. The molecule has 5 heteroatoms. The van der Waals surface area contributed by atoms with Crippen molar-refractivity contribution in [2.24, 2.45) is 0 Å². The monoisotopic (exact) mass is 272 g/mol. The topological polar surface area (TPSA) is 47.1 Å². The number of nitrogens with one attached hydrogen (secondary N) is 1. The van der Waals surface area contributed by atoms with Crippen LogP contribution in [0.4, 0.5) is 4.39 Å². The molecule has 0 unspecified atom stereocenters. The van der Waals surface area contributed by atoms with Crippen LogP contribution in [0.15, 0.2) is 36.4 Å². The highest BCUT2D eigenvalue weighted by Crippen LogP contribution is 2.32. The molecule has 0 amide bonds. The molecule has 0 aliphatic carbocycles. The van der Waals surface area contributed by atoms with Gasteiger partial charge in [0.15, 0.2) is 11.5 Å². The van der Waals surface area contributed by atoms with Crippen molar-refractivity contribution in [3.05, 3.63) is 42.2 Å². The molecule has 2 aromatic carbocycles. The highest BCUT2D eigenvalue weighted by molar-refractivity contribution is 5.83. The van der Waals surface area contributed by atoms with Crippen molar-refractivity contribution in [1.82, 2.24) is 9.97 Å². The summed E-state index contributed by atoms with van der Waals surface area (Å²) in [6.45, 7) is 0.